The molecule has 1 aromatic rings. The largest absolute Gasteiger partial charge is 0.491 e. The van der Waals surface area contributed by atoms with Crippen molar-refractivity contribution in [2.45, 2.75) is 25.8 Å². The zero-order valence-electron chi connectivity index (χ0n) is 10.5. The summed E-state index contributed by atoms with van der Waals surface area (Å²) in [6.07, 6.45) is 0.402. The van der Waals surface area contributed by atoms with E-state index in [-0.39, 0.29) is 11.4 Å². The molecule has 1 amide bonds. The lowest BCUT2D eigenvalue weighted by molar-refractivity contribution is -0.116. The van der Waals surface area contributed by atoms with E-state index in [2.05, 4.69) is 24.5 Å². The van der Waals surface area contributed by atoms with Gasteiger partial charge in [-0.05, 0) is 38.6 Å². The Morgan fingerprint density at radius 1 is 1.41 bits per heavy atom. The summed E-state index contributed by atoms with van der Waals surface area (Å²) in [6.45, 7) is 4.62. The molecular formula is C13H18N2O2. The standard InChI is InChI=1S/C13H18N2O2/c1-13(2,14-3)9-4-5-11-10(8-9)15-12(16)6-7-17-11/h4-5,8,14H,6-7H2,1-3H3,(H,15,16). The van der Waals surface area contributed by atoms with Crippen LogP contribution in [-0.2, 0) is 10.3 Å². The van der Waals surface area contributed by atoms with Gasteiger partial charge < -0.3 is 15.4 Å². The molecule has 0 spiro atoms. The van der Waals surface area contributed by atoms with Crippen LogP contribution in [0.1, 0.15) is 25.8 Å². The van der Waals surface area contributed by atoms with Crippen LogP contribution < -0.4 is 15.4 Å². The van der Waals surface area contributed by atoms with Gasteiger partial charge in [0.2, 0.25) is 5.91 Å². The Hall–Kier alpha value is -1.55. The third-order valence-corrected chi connectivity index (χ3v) is 3.19. The maximum absolute atomic E-state index is 11.5. The van der Waals surface area contributed by atoms with E-state index in [9.17, 15) is 4.79 Å². The van der Waals surface area contributed by atoms with Gasteiger partial charge in [0.25, 0.3) is 0 Å². The first-order chi connectivity index (χ1) is 8.03. The molecule has 92 valence electrons. The van der Waals surface area contributed by atoms with Gasteiger partial charge in [0.1, 0.15) is 5.75 Å². The normalized spacial score (nSPS) is 15.6. The Kier molecular flexibility index (Phi) is 3.07. The molecule has 1 aliphatic heterocycles. The highest BCUT2D eigenvalue weighted by Crippen LogP contribution is 2.31. The second-order valence-electron chi connectivity index (χ2n) is 4.73. The SMILES string of the molecule is CNC(C)(C)c1ccc2c(c1)NC(=O)CCO2. The summed E-state index contributed by atoms with van der Waals surface area (Å²) in [5.74, 6) is 0.745. The van der Waals surface area contributed by atoms with Gasteiger partial charge in [-0.2, -0.15) is 0 Å². The Labute approximate surface area is 101 Å². The minimum absolute atomic E-state index is 0.00293. The third kappa shape index (κ3) is 2.42. The minimum atomic E-state index is -0.133. The van der Waals surface area contributed by atoms with E-state index in [1.165, 1.54) is 0 Å². The summed E-state index contributed by atoms with van der Waals surface area (Å²) in [4.78, 5) is 11.5. The second kappa shape index (κ2) is 4.37. The van der Waals surface area contributed by atoms with Crippen molar-refractivity contribution in [1.29, 1.82) is 0 Å². The monoisotopic (exact) mass is 234 g/mol. The van der Waals surface area contributed by atoms with Crippen molar-refractivity contribution < 1.29 is 9.53 Å². The summed E-state index contributed by atoms with van der Waals surface area (Å²) < 4.78 is 5.52. The van der Waals surface area contributed by atoms with Gasteiger partial charge in [0.15, 0.2) is 0 Å². The van der Waals surface area contributed by atoms with Crippen molar-refractivity contribution >= 4 is 11.6 Å². The molecule has 17 heavy (non-hydrogen) atoms. The van der Waals surface area contributed by atoms with Gasteiger partial charge in [-0.3, -0.25) is 4.79 Å². The average molecular weight is 234 g/mol. The quantitative estimate of drug-likeness (QED) is 0.821. The van der Waals surface area contributed by atoms with Gasteiger partial charge in [0.05, 0.1) is 18.7 Å². The molecule has 0 aliphatic carbocycles. The van der Waals surface area contributed by atoms with Gasteiger partial charge in [0, 0.05) is 5.54 Å². The van der Waals surface area contributed by atoms with Crippen molar-refractivity contribution in [2.75, 3.05) is 19.0 Å². The van der Waals surface area contributed by atoms with E-state index in [0.717, 1.165) is 17.0 Å². The van der Waals surface area contributed by atoms with Crippen LogP contribution in [0.5, 0.6) is 5.75 Å². The Bertz CT molecular complexity index is 441. The van der Waals surface area contributed by atoms with E-state index < -0.39 is 0 Å². The van der Waals surface area contributed by atoms with E-state index in [0.29, 0.717) is 13.0 Å². The zero-order valence-corrected chi connectivity index (χ0v) is 10.5. The first kappa shape index (κ1) is 11.9. The predicted molar refractivity (Wildman–Crippen MR) is 67.3 cm³/mol. The smallest absolute Gasteiger partial charge is 0.227 e. The van der Waals surface area contributed by atoms with Crippen LogP contribution in [0.25, 0.3) is 0 Å². The molecule has 0 bridgehead atoms. The molecule has 0 fully saturated rings. The number of carbonyl (C=O) groups is 1. The average Bonchev–Trinajstić information content (AvgIpc) is 2.48. The Morgan fingerprint density at radius 2 is 2.18 bits per heavy atom. The molecule has 1 aliphatic rings. The number of fused-ring (bicyclic) bond motifs is 1. The van der Waals surface area contributed by atoms with Gasteiger partial charge >= 0.3 is 0 Å². The highest BCUT2D eigenvalue weighted by Gasteiger charge is 2.21. The minimum Gasteiger partial charge on any atom is -0.491 e. The lowest BCUT2D eigenvalue weighted by Gasteiger charge is -2.25. The van der Waals surface area contributed by atoms with Gasteiger partial charge in [-0.15, -0.1) is 0 Å². The fourth-order valence-electron chi connectivity index (χ4n) is 1.75. The van der Waals surface area contributed by atoms with E-state index in [1.807, 2.05) is 25.2 Å². The Morgan fingerprint density at radius 3 is 2.88 bits per heavy atom. The van der Waals surface area contributed by atoms with Crippen LogP contribution in [-0.4, -0.2) is 19.6 Å². The zero-order chi connectivity index (χ0) is 12.5. The molecule has 2 rings (SSSR count). The summed E-state index contributed by atoms with van der Waals surface area (Å²) in [7, 11) is 1.92. The topological polar surface area (TPSA) is 50.4 Å². The van der Waals surface area contributed by atoms with E-state index in [1.54, 1.807) is 0 Å². The summed E-state index contributed by atoms with van der Waals surface area (Å²) in [5.41, 5.74) is 1.74. The van der Waals surface area contributed by atoms with Gasteiger partial charge in [-0.1, -0.05) is 6.07 Å². The molecular weight excluding hydrogens is 216 g/mol. The number of anilines is 1. The number of benzene rings is 1. The van der Waals surface area contributed by atoms with E-state index in [4.69, 9.17) is 4.74 Å². The molecule has 2 N–H and O–H groups in total. The maximum Gasteiger partial charge on any atom is 0.227 e. The molecule has 0 atom stereocenters. The fourth-order valence-corrected chi connectivity index (χ4v) is 1.75. The molecule has 1 aromatic carbocycles. The predicted octanol–water partition coefficient (Wildman–Crippen LogP) is 1.86. The number of nitrogens with one attached hydrogen (secondary N) is 2. The number of carbonyl (C=O) groups excluding carboxylic acids is 1. The molecule has 4 nitrogen and oxygen atoms in total. The van der Waals surface area contributed by atoms with Crippen LogP contribution in [0.2, 0.25) is 0 Å². The molecule has 0 saturated carbocycles. The number of rotatable bonds is 2. The molecule has 0 radical (unpaired) electrons. The highest BCUT2D eigenvalue weighted by molar-refractivity contribution is 5.93. The second-order valence-corrected chi connectivity index (χ2v) is 4.73. The summed E-state index contributed by atoms with van der Waals surface area (Å²) >= 11 is 0. The summed E-state index contributed by atoms with van der Waals surface area (Å²) in [6, 6.07) is 5.90. The lowest BCUT2D eigenvalue weighted by Crippen LogP contribution is -2.33. The number of ether oxygens (including phenoxy) is 1. The van der Waals surface area contributed by atoms with Crippen molar-refractivity contribution in [2.24, 2.45) is 0 Å². The first-order valence-electron chi connectivity index (χ1n) is 5.79. The maximum atomic E-state index is 11.5. The van der Waals surface area contributed by atoms with Crippen LogP contribution in [0, 0.1) is 0 Å². The number of amides is 1. The summed E-state index contributed by atoms with van der Waals surface area (Å²) in [5, 5.41) is 6.10. The molecule has 4 heteroatoms. The van der Waals surface area contributed by atoms with Crippen LogP contribution in [0.15, 0.2) is 18.2 Å². The highest BCUT2D eigenvalue weighted by atomic mass is 16.5. The fraction of sp³-hybridized carbons (Fsp3) is 0.462. The number of hydrogen-bond acceptors (Lipinski definition) is 3. The van der Waals surface area contributed by atoms with Crippen LogP contribution >= 0.6 is 0 Å². The van der Waals surface area contributed by atoms with E-state index >= 15 is 0 Å². The third-order valence-electron chi connectivity index (χ3n) is 3.19. The van der Waals surface area contributed by atoms with Crippen molar-refractivity contribution in [3.05, 3.63) is 23.8 Å². The molecule has 1 heterocycles. The van der Waals surface area contributed by atoms with Crippen molar-refractivity contribution in [3.63, 3.8) is 0 Å². The van der Waals surface area contributed by atoms with Crippen molar-refractivity contribution in [3.8, 4) is 5.75 Å². The Balaban J connectivity index is 2.39. The molecule has 0 saturated heterocycles. The lowest BCUT2D eigenvalue weighted by atomic mass is 9.94. The molecule has 0 aromatic heterocycles. The van der Waals surface area contributed by atoms with Crippen LogP contribution in [0.3, 0.4) is 0 Å². The van der Waals surface area contributed by atoms with Crippen molar-refractivity contribution in [1.82, 2.24) is 5.32 Å². The van der Waals surface area contributed by atoms with Gasteiger partial charge in [-0.25, -0.2) is 0 Å². The van der Waals surface area contributed by atoms with Crippen LogP contribution in [0.4, 0.5) is 5.69 Å². The number of hydrogen-bond donors (Lipinski definition) is 2. The molecule has 0 unspecified atom stereocenters. The first-order valence-corrected chi connectivity index (χ1v) is 5.79.